The molecule has 0 aliphatic heterocycles. The van der Waals surface area contributed by atoms with Crippen molar-refractivity contribution in [2.45, 2.75) is 0 Å². The number of nitrogens with two attached hydrogens (primary N) is 1. The Bertz CT molecular complexity index is 382. The first-order chi connectivity index (χ1) is 5.62. The quantitative estimate of drug-likeness (QED) is 0.376. The molecule has 0 aromatic carbocycles. The van der Waals surface area contributed by atoms with Crippen LogP contribution in [0, 0.1) is 0 Å². The molecule has 78 valence electrons. The maximum Gasteiger partial charge on any atom is 0.242 e. The van der Waals surface area contributed by atoms with Crippen molar-refractivity contribution in [3.8, 4) is 0 Å². The number of sulfonamides is 1. The molecule has 0 aromatic heterocycles. The highest BCUT2D eigenvalue weighted by molar-refractivity contribution is 8.06. The molecule has 0 heterocycles. The monoisotopic (exact) mass is 247 g/mol. The topological polar surface area (TPSA) is 118 Å². The van der Waals surface area contributed by atoms with Gasteiger partial charge in [-0.2, -0.15) is 0 Å². The molecule has 0 rings (SSSR count). The summed E-state index contributed by atoms with van der Waals surface area (Å²) in [6.07, 6.45) is 0.799. The summed E-state index contributed by atoms with van der Waals surface area (Å²) in [5.74, 6) is 0. The van der Waals surface area contributed by atoms with Crippen molar-refractivity contribution in [1.29, 1.82) is 0 Å². The zero-order valence-electron chi connectivity index (χ0n) is 6.64. The maximum atomic E-state index is 10.9. The summed E-state index contributed by atoms with van der Waals surface area (Å²) in [6.45, 7) is 0. The van der Waals surface area contributed by atoms with Gasteiger partial charge in [-0.25, -0.2) is 16.8 Å². The smallest absolute Gasteiger partial charge is 0.242 e. The second kappa shape index (κ2) is 4.17. The summed E-state index contributed by atoms with van der Waals surface area (Å²) in [6, 6.07) is 0. The molecule has 4 N–H and O–H groups in total. The SMILES string of the molecule is CS(=O)(=O)CS(=O)(=O)NNC(N)=S. The molecule has 13 heavy (non-hydrogen) atoms. The predicted octanol–water partition coefficient (Wildman–Crippen LogP) is -2.34. The van der Waals surface area contributed by atoms with Gasteiger partial charge in [-0.3, -0.25) is 5.43 Å². The average Bonchev–Trinajstić information content (AvgIpc) is 1.78. The molecule has 0 spiro atoms. The minimum absolute atomic E-state index is 0.294. The number of hydrogen-bond donors (Lipinski definition) is 3. The van der Waals surface area contributed by atoms with Gasteiger partial charge in [0.25, 0.3) is 0 Å². The molecule has 0 bridgehead atoms. The van der Waals surface area contributed by atoms with Crippen LogP contribution in [0.3, 0.4) is 0 Å². The molecular formula is C3H9N3O4S3. The number of thiocarbonyl (C=S) groups is 1. The van der Waals surface area contributed by atoms with Gasteiger partial charge in [0, 0.05) is 6.26 Å². The van der Waals surface area contributed by atoms with Gasteiger partial charge in [0.2, 0.25) is 10.0 Å². The number of hydrazine groups is 1. The Morgan fingerprint density at radius 3 is 2.15 bits per heavy atom. The lowest BCUT2D eigenvalue weighted by molar-refractivity contribution is 0.577. The van der Waals surface area contributed by atoms with Crippen LogP contribution in [0.15, 0.2) is 0 Å². The Kier molecular flexibility index (Phi) is 4.03. The van der Waals surface area contributed by atoms with Crippen LogP contribution in [0.4, 0.5) is 0 Å². The van der Waals surface area contributed by atoms with Crippen molar-refractivity contribution in [3.63, 3.8) is 0 Å². The fourth-order valence-corrected chi connectivity index (χ4v) is 3.31. The second-order valence-electron chi connectivity index (χ2n) is 2.25. The van der Waals surface area contributed by atoms with E-state index in [4.69, 9.17) is 5.73 Å². The summed E-state index contributed by atoms with van der Waals surface area (Å²) in [5, 5.41) is -1.31. The molecule has 0 aliphatic rings. The molecule has 0 radical (unpaired) electrons. The first-order valence-electron chi connectivity index (χ1n) is 2.85. The van der Waals surface area contributed by atoms with E-state index < -0.39 is 24.9 Å². The summed E-state index contributed by atoms with van der Waals surface area (Å²) < 4.78 is 42.9. The van der Waals surface area contributed by atoms with Crippen LogP contribution >= 0.6 is 12.2 Å². The van der Waals surface area contributed by atoms with Crippen LogP contribution in [-0.2, 0) is 19.9 Å². The lowest BCUT2D eigenvalue weighted by Gasteiger charge is -2.05. The minimum atomic E-state index is -3.95. The zero-order valence-corrected chi connectivity index (χ0v) is 9.09. The van der Waals surface area contributed by atoms with Gasteiger partial charge >= 0.3 is 0 Å². The second-order valence-corrected chi connectivity index (χ2v) is 6.92. The van der Waals surface area contributed by atoms with Gasteiger partial charge in [-0.15, -0.1) is 4.83 Å². The molecule has 0 fully saturated rings. The molecule has 10 heteroatoms. The molecule has 7 nitrogen and oxygen atoms in total. The molecule has 0 saturated carbocycles. The van der Waals surface area contributed by atoms with Crippen molar-refractivity contribution in [1.82, 2.24) is 10.3 Å². The van der Waals surface area contributed by atoms with E-state index in [0.29, 0.717) is 0 Å². The van der Waals surface area contributed by atoms with E-state index in [1.807, 2.05) is 5.43 Å². The summed E-state index contributed by atoms with van der Waals surface area (Å²) in [7, 11) is -7.56. The minimum Gasteiger partial charge on any atom is -0.375 e. The Morgan fingerprint density at radius 1 is 1.38 bits per heavy atom. The van der Waals surface area contributed by atoms with Crippen LogP contribution in [0.5, 0.6) is 0 Å². The van der Waals surface area contributed by atoms with E-state index in [1.165, 1.54) is 0 Å². The van der Waals surface area contributed by atoms with Crippen LogP contribution in [0.2, 0.25) is 0 Å². The van der Waals surface area contributed by atoms with Crippen LogP contribution in [0.1, 0.15) is 0 Å². The Labute approximate surface area is 81.6 Å². The fraction of sp³-hybridized carbons (Fsp3) is 0.667. The highest BCUT2D eigenvalue weighted by atomic mass is 32.3. The van der Waals surface area contributed by atoms with E-state index in [2.05, 4.69) is 12.2 Å². The van der Waals surface area contributed by atoms with Crippen molar-refractivity contribution in [2.75, 3.05) is 11.3 Å². The molecule has 0 atom stereocenters. The maximum absolute atomic E-state index is 10.9. The van der Waals surface area contributed by atoms with E-state index in [0.717, 1.165) is 6.26 Å². The highest BCUT2D eigenvalue weighted by Gasteiger charge is 2.17. The lowest BCUT2D eigenvalue weighted by Crippen LogP contribution is -2.46. The van der Waals surface area contributed by atoms with Gasteiger partial charge in [0.1, 0.15) is 0 Å². The number of sulfone groups is 1. The van der Waals surface area contributed by atoms with E-state index in [9.17, 15) is 16.8 Å². The zero-order chi connectivity index (χ0) is 10.7. The van der Waals surface area contributed by atoms with E-state index in [-0.39, 0.29) is 5.11 Å². The highest BCUT2D eigenvalue weighted by Crippen LogP contribution is 1.89. The standard InChI is InChI=1S/C3H9N3O4S3/c1-12(7,8)2-13(9,10)6-5-3(4)11/h6H,2H2,1H3,(H3,4,5,11). The molecular weight excluding hydrogens is 238 g/mol. The van der Waals surface area contributed by atoms with Crippen LogP contribution in [0.25, 0.3) is 0 Å². The molecule has 0 aromatic rings. The molecule has 0 unspecified atom stereocenters. The van der Waals surface area contributed by atoms with Gasteiger partial charge < -0.3 is 5.73 Å². The van der Waals surface area contributed by atoms with Gasteiger partial charge in [-0.1, -0.05) is 0 Å². The number of nitrogens with one attached hydrogen (secondary N) is 2. The Hall–Kier alpha value is -0.450. The van der Waals surface area contributed by atoms with Crippen molar-refractivity contribution < 1.29 is 16.8 Å². The number of rotatable bonds is 4. The Balaban J connectivity index is 4.36. The van der Waals surface area contributed by atoms with E-state index in [1.54, 1.807) is 4.83 Å². The largest absolute Gasteiger partial charge is 0.375 e. The van der Waals surface area contributed by atoms with Gasteiger partial charge in [0.05, 0.1) is 0 Å². The third-order valence-electron chi connectivity index (χ3n) is 0.699. The number of hydrogen-bond acceptors (Lipinski definition) is 5. The first-order valence-corrected chi connectivity index (χ1v) is 6.97. The summed E-state index contributed by atoms with van der Waals surface area (Å²) in [5.41, 5.74) is 6.82. The summed E-state index contributed by atoms with van der Waals surface area (Å²) >= 11 is 4.30. The summed E-state index contributed by atoms with van der Waals surface area (Å²) in [4.78, 5) is 1.69. The van der Waals surface area contributed by atoms with Crippen molar-refractivity contribution in [2.24, 2.45) is 5.73 Å². The Morgan fingerprint density at radius 2 is 1.85 bits per heavy atom. The molecule has 0 amide bonds. The first kappa shape index (κ1) is 12.6. The van der Waals surface area contributed by atoms with Crippen molar-refractivity contribution >= 4 is 37.2 Å². The van der Waals surface area contributed by atoms with Gasteiger partial charge in [-0.05, 0) is 12.2 Å². The van der Waals surface area contributed by atoms with Crippen molar-refractivity contribution in [3.05, 3.63) is 0 Å². The van der Waals surface area contributed by atoms with E-state index >= 15 is 0 Å². The normalized spacial score (nSPS) is 12.4. The third-order valence-corrected chi connectivity index (χ3v) is 4.17. The van der Waals surface area contributed by atoms with Crippen LogP contribution < -0.4 is 16.0 Å². The predicted molar refractivity (Wildman–Crippen MR) is 51.7 cm³/mol. The van der Waals surface area contributed by atoms with Crippen LogP contribution in [-0.4, -0.2) is 33.3 Å². The molecule has 0 aliphatic carbocycles. The average molecular weight is 247 g/mol. The third kappa shape index (κ3) is 7.90. The lowest BCUT2D eigenvalue weighted by atomic mass is 11.2. The fourth-order valence-electron chi connectivity index (χ4n) is 0.439. The van der Waals surface area contributed by atoms with Gasteiger partial charge in [0.15, 0.2) is 20.0 Å². The molecule has 0 saturated heterocycles.